The number of aromatic nitrogens is 1. The Kier molecular flexibility index (Phi) is 5.57. The van der Waals surface area contributed by atoms with Crippen molar-refractivity contribution in [1.29, 1.82) is 0 Å². The maximum atomic E-state index is 12.6. The van der Waals surface area contributed by atoms with Gasteiger partial charge >= 0.3 is 6.03 Å². The Hall–Kier alpha value is -3.19. The number of hydrogen-bond donors (Lipinski definition) is 1. The number of rotatable bonds is 4. The molecule has 0 bridgehead atoms. The normalized spacial score (nSPS) is 14.0. The van der Waals surface area contributed by atoms with Gasteiger partial charge in [-0.25, -0.2) is 9.78 Å². The maximum Gasteiger partial charge on any atom is 0.321 e. The molecule has 0 radical (unpaired) electrons. The fraction of sp³-hybridized carbons (Fsp3) is 0.227. The molecule has 1 aromatic heterocycles. The number of carbonyl (C=O) groups excluding carboxylic acids is 2. The molecule has 29 heavy (non-hydrogen) atoms. The van der Waals surface area contributed by atoms with Crippen molar-refractivity contribution in [2.45, 2.75) is 6.92 Å². The molecule has 6 nitrogen and oxygen atoms in total. The number of hydrogen-bond acceptors (Lipinski definition) is 5. The van der Waals surface area contributed by atoms with Gasteiger partial charge in [-0.1, -0.05) is 0 Å². The summed E-state index contributed by atoms with van der Waals surface area (Å²) in [5.74, 6) is 0.0673. The van der Waals surface area contributed by atoms with E-state index in [1.807, 2.05) is 58.8 Å². The molecular formula is C22H22N4O2S. The first-order chi connectivity index (χ1) is 14.1. The summed E-state index contributed by atoms with van der Waals surface area (Å²) < 4.78 is 0. The third-order valence-electron chi connectivity index (χ3n) is 5.02. The Bertz CT molecular complexity index is 977. The van der Waals surface area contributed by atoms with E-state index in [-0.39, 0.29) is 11.8 Å². The SMILES string of the molecule is CC(=O)c1ccc(N2CCN(C(=O)Nc3ccc(-c4nccs4)cc3)CC2)cc1. The largest absolute Gasteiger partial charge is 0.368 e. The lowest BCUT2D eigenvalue weighted by Gasteiger charge is -2.36. The fourth-order valence-corrected chi connectivity index (χ4v) is 3.98. The number of nitrogens with zero attached hydrogens (tertiary/aromatic N) is 3. The van der Waals surface area contributed by atoms with Crippen LogP contribution in [0.15, 0.2) is 60.1 Å². The van der Waals surface area contributed by atoms with Crippen LogP contribution in [0.2, 0.25) is 0 Å². The van der Waals surface area contributed by atoms with E-state index < -0.39 is 0 Å². The van der Waals surface area contributed by atoms with E-state index in [0.29, 0.717) is 18.7 Å². The first-order valence-electron chi connectivity index (χ1n) is 9.52. The Balaban J connectivity index is 1.31. The van der Waals surface area contributed by atoms with Crippen molar-refractivity contribution < 1.29 is 9.59 Å². The average Bonchev–Trinajstić information content (AvgIpc) is 3.29. The van der Waals surface area contributed by atoms with Gasteiger partial charge in [0.15, 0.2) is 5.78 Å². The molecule has 148 valence electrons. The molecule has 1 saturated heterocycles. The minimum Gasteiger partial charge on any atom is -0.368 e. The van der Waals surface area contributed by atoms with E-state index in [0.717, 1.165) is 35.0 Å². The van der Waals surface area contributed by atoms with Crippen LogP contribution in [-0.4, -0.2) is 47.9 Å². The molecule has 1 aliphatic rings. The number of nitrogens with one attached hydrogen (secondary N) is 1. The molecule has 3 aromatic rings. The highest BCUT2D eigenvalue weighted by atomic mass is 32.1. The quantitative estimate of drug-likeness (QED) is 0.654. The van der Waals surface area contributed by atoms with Crippen LogP contribution < -0.4 is 10.2 Å². The number of piperazine rings is 1. The first kappa shape index (κ1) is 19.1. The first-order valence-corrected chi connectivity index (χ1v) is 10.4. The van der Waals surface area contributed by atoms with Crippen molar-refractivity contribution in [3.8, 4) is 10.6 Å². The van der Waals surface area contributed by atoms with Crippen LogP contribution in [0.25, 0.3) is 10.6 Å². The predicted octanol–water partition coefficient (Wildman–Crippen LogP) is 4.37. The lowest BCUT2D eigenvalue weighted by Crippen LogP contribution is -2.50. The molecule has 0 saturated carbocycles. The molecule has 7 heteroatoms. The van der Waals surface area contributed by atoms with E-state index in [2.05, 4.69) is 15.2 Å². The van der Waals surface area contributed by atoms with Crippen molar-refractivity contribution in [2.75, 3.05) is 36.4 Å². The summed E-state index contributed by atoms with van der Waals surface area (Å²) in [4.78, 5) is 32.4. The van der Waals surface area contributed by atoms with Gasteiger partial charge in [-0.15, -0.1) is 11.3 Å². The Labute approximate surface area is 173 Å². The van der Waals surface area contributed by atoms with Gasteiger partial charge in [0.05, 0.1) is 0 Å². The molecule has 1 N–H and O–H groups in total. The minimum absolute atomic E-state index is 0.0673. The van der Waals surface area contributed by atoms with Gasteiger partial charge < -0.3 is 15.1 Å². The standard InChI is InChI=1S/C22H22N4O2S/c1-16(27)17-4-8-20(9-5-17)25-11-13-26(14-12-25)22(28)24-19-6-2-18(3-7-19)21-23-10-15-29-21/h2-10,15H,11-14H2,1H3,(H,24,28). The molecule has 0 atom stereocenters. The highest BCUT2D eigenvalue weighted by Crippen LogP contribution is 2.23. The van der Waals surface area contributed by atoms with Gasteiger partial charge in [0, 0.05) is 60.3 Å². The monoisotopic (exact) mass is 406 g/mol. The molecule has 0 aliphatic carbocycles. The molecule has 0 spiro atoms. The highest BCUT2D eigenvalue weighted by Gasteiger charge is 2.21. The van der Waals surface area contributed by atoms with Gasteiger partial charge in [0.1, 0.15) is 5.01 Å². The molecular weight excluding hydrogens is 384 g/mol. The second-order valence-electron chi connectivity index (χ2n) is 6.92. The second-order valence-corrected chi connectivity index (χ2v) is 7.82. The number of anilines is 2. The van der Waals surface area contributed by atoms with E-state index in [9.17, 15) is 9.59 Å². The number of benzene rings is 2. The van der Waals surface area contributed by atoms with Gasteiger partial charge in [0.2, 0.25) is 0 Å². The van der Waals surface area contributed by atoms with Crippen molar-refractivity contribution >= 4 is 34.5 Å². The molecule has 2 heterocycles. The van der Waals surface area contributed by atoms with Crippen molar-refractivity contribution in [3.05, 3.63) is 65.7 Å². The molecule has 2 aromatic carbocycles. The van der Waals surface area contributed by atoms with Crippen LogP contribution in [0.4, 0.5) is 16.2 Å². The van der Waals surface area contributed by atoms with Crippen LogP contribution in [0.3, 0.4) is 0 Å². The van der Waals surface area contributed by atoms with E-state index >= 15 is 0 Å². The van der Waals surface area contributed by atoms with E-state index in [1.54, 1.807) is 24.5 Å². The Morgan fingerprint density at radius 3 is 2.24 bits per heavy atom. The highest BCUT2D eigenvalue weighted by molar-refractivity contribution is 7.13. The van der Waals surface area contributed by atoms with Gasteiger partial charge in [-0.05, 0) is 55.5 Å². The summed E-state index contributed by atoms with van der Waals surface area (Å²) in [6.45, 7) is 4.39. The molecule has 4 rings (SSSR count). The Morgan fingerprint density at radius 2 is 1.66 bits per heavy atom. The molecule has 0 unspecified atom stereocenters. The van der Waals surface area contributed by atoms with Crippen LogP contribution in [0.1, 0.15) is 17.3 Å². The number of Topliss-reactive ketones (excluding diaryl/α,β-unsaturated/α-hetero) is 1. The number of ketones is 1. The number of amides is 2. The van der Waals surface area contributed by atoms with Crippen molar-refractivity contribution in [3.63, 3.8) is 0 Å². The van der Waals surface area contributed by atoms with Crippen LogP contribution in [0.5, 0.6) is 0 Å². The minimum atomic E-state index is -0.0847. The van der Waals surface area contributed by atoms with Crippen molar-refractivity contribution in [2.24, 2.45) is 0 Å². The molecule has 1 fully saturated rings. The van der Waals surface area contributed by atoms with Gasteiger partial charge in [-0.2, -0.15) is 0 Å². The predicted molar refractivity (Wildman–Crippen MR) is 117 cm³/mol. The summed E-state index contributed by atoms with van der Waals surface area (Å²) in [7, 11) is 0. The lowest BCUT2D eigenvalue weighted by atomic mass is 10.1. The smallest absolute Gasteiger partial charge is 0.321 e. The summed E-state index contributed by atoms with van der Waals surface area (Å²) >= 11 is 1.59. The summed E-state index contributed by atoms with van der Waals surface area (Å²) in [5.41, 5.74) is 3.61. The number of thiazole rings is 1. The average molecular weight is 407 g/mol. The van der Waals surface area contributed by atoms with Crippen LogP contribution in [-0.2, 0) is 0 Å². The third kappa shape index (κ3) is 4.46. The summed E-state index contributed by atoms with van der Waals surface area (Å²) in [5, 5.41) is 5.89. The summed E-state index contributed by atoms with van der Waals surface area (Å²) in [6.07, 6.45) is 1.78. The summed E-state index contributed by atoms with van der Waals surface area (Å²) in [6, 6.07) is 15.3. The molecule has 2 amide bonds. The Morgan fingerprint density at radius 1 is 0.966 bits per heavy atom. The second kappa shape index (κ2) is 8.45. The zero-order valence-electron chi connectivity index (χ0n) is 16.2. The topological polar surface area (TPSA) is 65.5 Å². The molecule has 1 aliphatic heterocycles. The van der Waals surface area contributed by atoms with E-state index in [1.165, 1.54) is 0 Å². The van der Waals surface area contributed by atoms with Crippen molar-refractivity contribution in [1.82, 2.24) is 9.88 Å². The number of urea groups is 1. The third-order valence-corrected chi connectivity index (χ3v) is 5.84. The van der Waals surface area contributed by atoms with Gasteiger partial charge in [-0.3, -0.25) is 4.79 Å². The fourth-order valence-electron chi connectivity index (χ4n) is 3.34. The van der Waals surface area contributed by atoms with E-state index in [4.69, 9.17) is 0 Å². The van der Waals surface area contributed by atoms with Crippen LogP contribution >= 0.6 is 11.3 Å². The van der Waals surface area contributed by atoms with Crippen LogP contribution in [0, 0.1) is 0 Å². The zero-order valence-corrected chi connectivity index (χ0v) is 17.0. The lowest BCUT2D eigenvalue weighted by molar-refractivity contribution is 0.101. The maximum absolute atomic E-state index is 12.6. The van der Waals surface area contributed by atoms with Gasteiger partial charge in [0.25, 0.3) is 0 Å². The number of carbonyl (C=O) groups is 2. The zero-order chi connectivity index (χ0) is 20.2.